The smallest absolute Gasteiger partial charge is 0.123 e. The maximum absolute atomic E-state index is 7.40. The first-order valence-corrected chi connectivity index (χ1v) is 4.11. The summed E-state index contributed by atoms with van der Waals surface area (Å²) in [4.78, 5) is 0. The Morgan fingerprint density at radius 3 is 2.36 bits per heavy atom. The molecular formula is C11H11ClN2. The number of fused-ring (bicyclic) bond motifs is 1. The molecule has 2 nitrogen and oxygen atoms in total. The molecule has 72 valence electrons. The molecular weight excluding hydrogens is 196 g/mol. The second-order valence-electron chi connectivity index (χ2n) is 2.94. The fourth-order valence-electron chi connectivity index (χ4n) is 1.46. The van der Waals surface area contributed by atoms with Crippen molar-refractivity contribution < 1.29 is 0 Å². The third kappa shape index (κ3) is 1.70. The SMILES string of the molecule is Cl.N=C(N)c1cccc2ccccc12. The molecule has 3 heteroatoms. The van der Waals surface area contributed by atoms with E-state index in [0.717, 1.165) is 16.3 Å². The van der Waals surface area contributed by atoms with Crippen LogP contribution in [0.15, 0.2) is 42.5 Å². The predicted molar refractivity (Wildman–Crippen MR) is 62.2 cm³/mol. The molecule has 0 aliphatic rings. The summed E-state index contributed by atoms with van der Waals surface area (Å²) in [7, 11) is 0. The van der Waals surface area contributed by atoms with E-state index >= 15 is 0 Å². The molecule has 0 saturated carbocycles. The van der Waals surface area contributed by atoms with Crippen LogP contribution in [-0.4, -0.2) is 5.84 Å². The summed E-state index contributed by atoms with van der Waals surface area (Å²) in [6, 6.07) is 13.7. The van der Waals surface area contributed by atoms with Gasteiger partial charge in [0.1, 0.15) is 5.84 Å². The molecule has 0 atom stereocenters. The van der Waals surface area contributed by atoms with Crippen LogP contribution in [0.2, 0.25) is 0 Å². The van der Waals surface area contributed by atoms with Gasteiger partial charge in [-0.1, -0.05) is 42.5 Å². The Morgan fingerprint density at radius 2 is 1.64 bits per heavy atom. The number of hydrogen-bond acceptors (Lipinski definition) is 1. The van der Waals surface area contributed by atoms with Crippen LogP contribution in [0, 0.1) is 5.41 Å². The van der Waals surface area contributed by atoms with E-state index < -0.39 is 0 Å². The first-order chi connectivity index (χ1) is 6.29. The van der Waals surface area contributed by atoms with Crippen LogP contribution in [0.5, 0.6) is 0 Å². The first kappa shape index (κ1) is 10.5. The van der Waals surface area contributed by atoms with Crippen LogP contribution in [0.25, 0.3) is 10.8 Å². The van der Waals surface area contributed by atoms with E-state index in [1.54, 1.807) is 0 Å². The van der Waals surface area contributed by atoms with Gasteiger partial charge in [-0.25, -0.2) is 0 Å². The Bertz CT molecular complexity index is 460. The molecule has 0 fully saturated rings. The van der Waals surface area contributed by atoms with E-state index in [-0.39, 0.29) is 18.2 Å². The van der Waals surface area contributed by atoms with Gasteiger partial charge in [-0.2, -0.15) is 0 Å². The van der Waals surface area contributed by atoms with Crippen molar-refractivity contribution in [1.82, 2.24) is 0 Å². The molecule has 0 radical (unpaired) electrons. The molecule has 0 saturated heterocycles. The monoisotopic (exact) mass is 206 g/mol. The van der Waals surface area contributed by atoms with Crippen LogP contribution in [0.3, 0.4) is 0 Å². The second kappa shape index (κ2) is 4.11. The highest BCUT2D eigenvalue weighted by Crippen LogP contribution is 2.17. The summed E-state index contributed by atoms with van der Waals surface area (Å²) in [5.41, 5.74) is 6.27. The molecule has 0 aliphatic heterocycles. The number of nitrogens with one attached hydrogen (secondary N) is 1. The van der Waals surface area contributed by atoms with E-state index in [2.05, 4.69) is 0 Å². The van der Waals surface area contributed by atoms with Gasteiger partial charge < -0.3 is 5.73 Å². The normalized spacial score (nSPS) is 9.43. The van der Waals surface area contributed by atoms with Crippen LogP contribution in [0.4, 0.5) is 0 Å². The van der Waals surface area contributed by atoms with E-state index in [0.29, 0.717) is 0 Å². The Hall–Kier alpha value is -1.54. The lowest BCUT2D eigenvalue weighted by atomic mass is 10.0. The number of halogens is 1. The highest BCUT2D eigenvalue weighted by molar-refractivity contribution is 6.07. The van der Waals surface area contributed by atoms with Gasteiger partial charge in [0.15, 0.2) is 0 Å². The zero-order valence-corrected chi connectivity index (χ0v) is 8.34. The molecule has 0 heterocycles. The summed E-state index contributed by atoms with van der Waals surface area (Å²) in [5, 5.41) is 9.56. The van der Waals surface area contributed by atoms with Crippen LogP contribution < -0.4 is 5.73 Å². The number of nitrogens with two attached hydrogens (primary N) is 1. The minimum Gasteiger partial charge on any atom is -0.384 e. The first-order valence-electron chi connectivity index (χ1n) is 4.11. The van der Waals surface area contributed by atoms with Gasteiger partial charge in [-0.3, -0.25) is 5.41 Å². The Morgan fingerprint density at radius 1 is 1.00 bits per heavy atom. The van der Waals surface area contributed by atoms with Crippen molar-refractivity contribution >= 4 is 29.0 Å². The Labute approximate surface area is 88.7 Å². The lowest BCUT2D eigenvalue weighted by Crippen LogP contribution is -2.11. The highest BCUT2D eigenvalue weighted by Gasteiger charge is 2.00. The number of hydrogen-bond donors (Lipinski definition) is 2. The molecule has 2 aromatic rings. The Kier molecular flexibility index (Phi) is 3.10. The number of rotatable bonds is 1. The summed E-state index contributed by atoms with van der Waals surface area (Å²) < 4.78 is 0. The predicted octanol–water partition coefficient (Wildman–Crippen LogP) is 2.55. The fraction of sp³-hybridized carbons (Fsp3) is 0. The largest absolute Gasteiger partial charge is 0.384 e. The van der Waals surface area contributed by atoms with Crippen molar-refractivity contribution in [3.8, 4) is 0 Å². The molecule has 0 spiro atoms. The van der Waals surface area contributed by atoms with Gasteiger partial charge >= 0.3 is 0 Å². The molecule has 2 rings (SSSR count). The zero-order chi connectivity index (χ0) is 9.26. The molecule has 0 aliphatic carbocycles. The van der Waals surface area contributed by atoms with Crippen LogP contribution in [-0.2, 0) is 0 Å². The van der Waals surface area contributed by atoms with Crippen molar-refractivity contribution in [1.29, 1.82) is 5.41 Å². The average Bonchev–Trinajstić information content (AvgIpc) is 2.17. The lowest BCUT2D eigenvalue weighted by molar-refractivity contribution is 1.44. The molecule has 0 aromatic heterocycles. The van der Waals surface area contributed by atoms with E-state index in [1.165, 1.54) is 0 Å². The van der Waals surface area contributed by atoms with Crippen molar-refractivity contribution in [2.24, 2.45) is 5.73 Å². The van der Waals surface area contributed by atoms with Crippen LogP contribution >= 0.6 is 12.4 Å². The molecule has 0 amide bonds. The summed E-state index contributed by atoms with van der Waals surface area (Å²) in [5.74, 6) is 0.122. The quantitative estimate of drug-likeness (QED) is 0.547. The van der Waals surface area contributed by atoms with E-state index in [4.69, 9.17) is 11.1 Å². The lowest BCUT2D eigenvalue weighted by Gasteiger charge is -2.03. The minimum absolute atomic E-state index is 0. The summed E-state index contributed by atoms with van der Waals surface area (Å²) >= 11 is 0. The molecule has 0 unspecified atom stereocenters. The highest BCUT2D eigenvalue weighted by atomic mass is 35.5. The maximum Gasteiger partial charge on any atom is 0.123 e. The average molecular weight is 207 g/mol. The number of nitrogen functional groups attached to an aromatic ring is 1. The minimum atomic E-state index is 0. The zero-order valence-electron chi connectivity index (χ0n) is 7.53. The maximum atomic E-state index is 7.40. The van der Waals surface area contributed by atoms with Gasteiger partial charge in [0.25, 0.3) is 0 Å². The summed E-state index contributed by atoms with van der Waals surface area (Å²) in [6.45, 7) is 0. The topological polar surface area (TPSA) is 49.9 Å². The van der Waals surface area contributed by atoms with E-state index in [1.807, 2.05) is 42.5 Å². The van der Waals surface area contributed by atoms with Gasteiger partial charge in [0.2, 0.25) is 0 Å². The third-order valence-electron chi connectivity index (χ3n) is 2.08. The van der Waals surface area contributed by atoms with Crippen LogP contribution in [0.1, 0.15) is 5.56 Å². The number of amidine groups is 1. The van der Waals surface area contributed by atoms with E-state index in [9.17, 15) is 0 Å². The molecule has 0 bridgehead atoms. The second-order valence-corrected chi connectivity index (χ2v) is 2.94. The van der Waals surface area contributed by atoms with Gasteiger partial charge in [-0.15, -0.1) is 12.4 Å². The van der Waals surface area contributed by atoms with Crippen molar-refractivity contribution in [3.05, 3.63) is 48.0 Å². The van der Waals surface area contributed by atoms with Crippen molar-refractivity contribution in [2.45, 2.75) is 0 Å². The molecule has 14 heavy (non-hydrogen) atoms. The fourth-order valence-corrected chi connectivity index (χ4v) is 1.46. The van der Waals surface area contributed by atoms with Crippen molar-refractivity contribution in [2.75, 3.05) is 0 Å². The summed E-state index contributed by atoms with van der Waals surface area (Å²) in [6.07, 6.45) is 0. The Balaban J connectivity index is 0.000000980. The van der Waals surface area contributed by atoms with Gasteiger partial charge in [0, 0.05) is 5.56 Å². The van der Waals surface area contributed by atoms with Gasteiger partial charge in [-0.05, 0) is 10.8 Å². The number of benzene rings is 2. The standard InChI is InChI=1S/C11H10N2.ClH/c12-11(13)10-7-3-5-8-4-1-2-6-9(8)10;/h1-7H,(H3,12,13);1H. The third-order valence-corrected chi connectivity index (χ3v) is 2.08. The van der Waals surface area contributed by atoms with Crippen molar-refractivity contribution in [3.63, 3.8) is 0 Å². The van der Waals surface area contributed by atoms with Gasteiger partial charge in [0.05, 0.1) is 0 Å². The molecule has 2 aromatic carbocycles. The molecule has 3 N–H and O–H groups in total.